The zero-order chi connectivity index (χ0) is 16.8. The van der Waals surface area contributed by atoms with Crippen LogP contribution in [0.25, 0.3) is 0 Å². The number of amides is 2. The fourth-order valence-electron chi connectivity index (χ4n) is 3.25. The van der Waals surface area contributed by atoms with E-state index in [4.69, 9.17) is 4.74 Å². The van der Waals surface area contributed by atoms with Crippen molar-refractivity contribution in [2.75, 3.05) is 26.2 Å². The van der Waals surface area contributed by atoms with Crippen LogP contribution < -0.4 is 15.4 Å². The van der Waals surface area contributed by atoms with Gasteiger partial charge in [-0.25, -0.2) is 0 Å². The van der Waals surface area contributed by atoms with Crippen LogP contribution in [0.2, 0.25) is 0 Å². The van der Waals surface area contributed by atoms with Crippen LogP contribution in [0.5, 0.6) is 5.75 Å². The van der Waals surface area contributed by atoms with E-state index >= 15 is 0 Å². The number of carbonyl (C=O) groups excluding carboxylic acids is 2. The van der Waals surface area contributed by atoms with Gasteiger partial charge in [0.15, 0.2) is 0 Å². The van der Waals surface area contributed by atoms with Gasteiger partial charge in [0, 0.05) is 13.0 Å². The van der Waals surface area contributed by atoms with Crippen molar-refractivity contribution in [3.63, 3.8) is 0 Å². The number of para-hydroxylation sites is 1. The minimum absolute atomic E-state index is 0.0230. The number of rotatable bonds is 6. The van der Waals surface area contributed by atoms with Crippen LogP contribution in [0.3, 0.4) is 0 Å². The second-order valence-corrected chi connectivity index (χ2v) is 6.41. The van der Waals surface area contributed by atoms with Crippen molar-refractivity contribution in [2.45, 2.75) is 37.8 Å². The lowest BCUT2D eigenvalue weighted by Gasteiger charge is -2.24. The van der Waals surface area contributed by atoms with Crippen LogP contribution in [0.4, 0.5) is 0 Å². The summed E-state index contributed by atoms with van der Waals surface area (Å²) in [4.78, 5) is 26.1. The summed E-state index contributed by atoms with van der Waals surface area (Å²) in [5, 5.41) is 6.25. The van der Waals surface area contributed by atoms with Crippen molar-refractivity contribution in [1.82, 2.24) is 15.5 Å². The molecule has 2 atom stereocenters. The average Bonchev–Trinajstić information content (AvgIpc) is 2.96. The summed E-state index contributed by atoms with van der Waals surface area (Å²) in [6.45, 7) is 2.46. The standard InChI is InChI=1S/C18H25N3O3/c22-17-12-14(20-18(23)16-8-4-5-9-19-16)13-21(17)10-11-24-15-6-2-1-3-7-15/h1-3,6-7,14,16,19H,4-5,8-13H2,(H,20,23). The average molecular weight is 331 g/mol. The van der Waals surface area contributed by atoms with E-state index in [2.05, 4.69) is 10.6 Å². The zero-order valence-corrected chi connectivity index (χ0v) is 13.9. The molecule has 2 aliphatic heterocycles. The lowest BCUT2D eigenvalue weighted by Crippen LogP contribution is -2.50. The molecule has 0 aliphatic carbocycles. The molecule has 2 saturated heterocycles. The highest BCUT2D eigenvalue weighted by Crippen LogP contribution is 2.14. The molecule has 1 aromatic rings. The van der Waals surface area contributed by atoms with Crippen LogP contribution >= 0.6 is 0 Å². The summed E-state index contributed by atoms with van der Waals surface area (Å²) in [5.74, 6) is 0.904. The zero-order valence-electron chi connectivity index (χ0n) is 13.9. The van der Waals surface area contributed by atoms with Gasteiger partial charge in [-0.05, 0) is 31.5 Å². The number of nitrogens with one attached hydrogen (secondary N) is 2. The Morgan fingerprint density at radius 3 is 2.88 bits per heavy atom. The van der Waals surface area contributed by atoms with Gasteiger partial charge < -0.3 is 20.3 Å². The first-order chi connectivity index (χ1) is 11.7. The Hall–Kier alpha value is -2.08. The van der Waals surface area contributed by atoms with Gasteiger partial charge in [0.25, 0.3) is 0 Å². The van der Waals surface area contributed by atoms with Gasteiger partial charge in [-0.3, -0.25) is 9.59 Å². The fraction of sp³-hybridized carbons (Fsp3) is 0.556. The molecule has 2 unspecified atom stereocenters. The summed E-state index contributed by atoms with van der Waals surface area (Å²) in [7, 11) is 0. The van der Waals surface area contributed by atoms with Crippen molar-refractivity contribution in [2.24, 2.45) is 0 Å². The Kier molecular flexibility index (Phi) is 5.69. The molecule has 0 saturated carbocycles. The monoisotopic (exact) mass is 331 g/mol. The van der Waals surface area contributed by atoms with E-state index in [9.17, 15) is 9.59 Å². The number of carbonyl (C=O) groups is 2. The highest BCUT2D eigenvalue weighted by atomic mass is 16.5. The van der Waals surface area contributed by atoms with Crippen molar-refractivity contribution in [3.8, 4) is 5.75 Å². The molecule has 6 heteroatoms. The second kappa shape index (κ2) is 8.15. The molecule has 130 valence electrons. The SMILES string of the molecule is O=C(NC1CC(=O)N(CCOc2ccccc2)C1)C1CCCCN1. The highest BCUT2D eigenvalue weighted by molar-refractivity contribution is 5.84. The molecule has 6 nitrogen and oxygen atoms in total. The first-order valence-corrected chi connectivity index (χ1v) is 8.72. The third-order valence-corrected chi connectivity index (χ3v) is 4.56. The number of ether oxygens (including phenoxy) is 1. The third-order valence-electron chi connectivity index (χ3n) is 4.56. The smallest absolute Gasteiger partial charge is 0.237 e. The second-order valence-electron chi connectivity index (χ2n) is 6.41. The van der Waals surface area contributed by atoms with Gasteiger partial charge in [0.1, 0.15) is 12.4 Å². The first-order valence-electron chi connectivity index (χ1n) is 8.72. The predicted octanol–water partition coefficient (Wildman–Crippen LogP) is 0.925. The van der Waals surface area contributed by atoms with Gasteiger partial charge in [0.05, 0.1) is 18.6 Å². The maximum Gasteiger partial charge on any atom is 0.237 e. The molecule has 2 amide bonds. The summed E-state index contributed by atoms with van der Waals surface area (Å²) in [6, 6.07) is 9.36. The minimum atomic E-state index is -0.107. The number of hydrogen-bond donors (Lipinski definition) is 2. The Bertz CT molecular complexity index is 558. The minimum Gasteiger partial charge on any atom is -0.492 e. The molecule has 0 aromatic heterocycles. The fourth-order valence-corrected chi connectivity index (χ4v) is 3.25. The van der Waals surface area contributed by atoms with Gasteiger partial charge >= 0.3 is 0 Å². The molecule has 24 heavy (non-hydrogen) atoms. The number of likely N-dealkylation sites (tertiary alicyclic amines) is 1. The summed E-state index contributed by atoms with van der Waals surface area (Å²) < 4.78 is 5.64. The molecule has 2 fully saturated rings. The van der Waals surface area contributed by atoms with Crippen molar-refractivity contribution in [3.05, 3.63) is 30.3 Å². The van der Waals surface area contributed by atoms with E-state index < -0.39 is 0 Å². The quantitative estimate of drug-likeness (QED) is 0.813. The molecule has 0 radical (unpaired) electrons. The largest absolute Gasteiger partial charge is 0.492 e. The number of piperidine rings is 1. The topological polar surface area (TPSA) is 70.7 Å². The molecular formula is C18H25N3O3. The van der Waals surface area contributed by atoms with Gasteiger partial charge in [-0.15, -0.1) is 0 Å². The van der Waals surface area contributed by atoms with E-state index in [0.29, 0.717) is 26.1 Å². The molecular weight excluding hydrogens is 306 g/mol. The molecule has 2 heterocycles. The maximum absolute atomic E-state index is 12.2. The van der Waals surface area contributed by atoms with Gasteiger partial charge in [0.2, 0.25) is 11.8 Å². The van der Waals surface area contributed by atoms with E-state index in [-0.39, 0.29) is 23.9 Å². The number of hydrogen-bond acceptors (Lipinski definition) is 4. The van der Waals surface area contributed by atoms with Crippen molar-refractivity contribution >= 4 is 11.8 Å². The lowest BCUT2D eigenvalue weighted by atomic mass is 10.0. The molecule has 0 spiro atoms. The Morgan fingerprint density at radius 2 is 2.12 bits per heavy atom. The van der Waals surface area contributed by atoms with Crippen molar-refractivity contribution in [1.29, 1.82) is 0 Å². The normalized spacial score (nSPS) is 24.0. The number of benzene rings is 1. The van der Waals surface area contributed by atoms with Gasteiger partial charge in [-0.1, -0.05) is 24.6 Å². The molecule has 2 N–H and O–H groups in total. The molecule has 0 bridgehead atoms. The lowest BCUT2D eigenvalue weighted by molar-refractivity contribution is -0.128. The van der Waals surface area contributed by atoms with E-state index in [1.54, 1.807) is 4.90 Å². The molecule has 2 aliphatic rings. The third kappa shape index (κ3) is 4.47. The van der Waals surface area contributed by atoms with E-state index in [1.165, 1.54) is 0 Å². The Labute approximate surface area is 142 Å². The van der Waals surface area contributed by atoms with E-state index in [0.717, 1.165) is 31.6 Å². The molecule has 1 aromatic carbocycles. The summed E-state index contributed by atoms with van der Waals surface area (Å²) in [5.41, 5.74) is 0. The van der Waals surface area contributed by atoms with E-state index in [1.807, 2.05) is 30.3 Å². The number of nitrogens with zero attached hydrogens (tertiary/aromatic N) is 1. The van der Waals surface area contributed by atoms with Gasteiger partial charge in [-0.2, -0.15) is 0 Å². The van der Waals surface area contributed by atoms with Crippen LogP contribution in [-0.4, -0.2) is 55.0 Å². The predicted molar refractivity (Wildman–Crippen MR) is 90.7 cm³/mol. The van der Waals surface area contributed by atoms with Crippen LogP contribution in [-0.2, 0) is 9.59 Å². The maximum atomic E-state index is 12.2. The van der Waals surface area contributed by atoms with Crippen LogP contribution in [0.15, 0.2) is 30.3 Å². The summed E-state index contributed by atoms with van der Waals surface area (Å²) in [6.07, 6.45) is 3.46. The molecule has 3 rings (SSSR count). The van der Waals surface area contributed by atoms with Crippen LogP contribution in [0, 0.1) is 0 Å². The highest BCUT2D eigenvalue weighted by Gasteiger charge is 2.32. The Balaban J connectivity index is 1.41. The first kappa shape index (κ1) is 16.8. The summed E-state index contributed by atoms with van der Waals surface area (Å²) >= 11 is 0. The van der Waals surface area contributed by atoms with Crippen molar-refractivity contribution < 1.29 is 14.3 Å². The Morgan fingerprint density at radius 1 is 1.29 bits per heavy atom. The van der Waals surface area contributed by atoms with Crippen LogP contribution in [0.1, 0.15) is 25.7 Å².